The van der Waals surface area contributed by atoms with Gasteiger partial charge in [-0.05, 0) is 12.5 Å². The lowest BCUT2D eigenvalue weighted by atomic mass is 10.1. The van der Waals surface area contributed by atoms with Gasteiger partial charge in [-0.1, -0.05) is 42.5 Å². The topological polar surface area (TPSA) is 84.5 Å². The fourth-order valence-electron chi connectivity index (χ4n) is 1.87. The zero-order valence-corrected chi connectivity index (χ0v) is 14.0. The van der Waals surface area contributed by atoms with Crippen LogP contribution in [-0.2, 0) is 25.5 Å². The molecular formula is C17H19F3N2O4. The molecule has 142 valence electrons. The molecule has 2 amide bonds. The maximum Gasteiger partial charge on any atom is 0.471 e. The molecule has 1 rings (SSSR count). The first-order chi connectivity index (χ1) is 12.2. The number of hydrogen-bond donors (Lipinski definition) is 2. The summed E-state index contributed by atoms with van der Waals surface area (Å²) in [7, 11) is 0. The van der Waals surface area contributed by atoms with Crippen LogP contribution in [0.5, 0.6) is 0 Å². The summed E-state index contributed by atoms with van der Waals surface area (Å²) in [6.07, 6.45) is -2.06. The zero-order valence-electron chi connectivity index (χ0n) is 14.0. The van der Waals surface area contributed by atoms with Crippen LogP contribution in [0.2, 0.25) is 0 Å². The van der Waals surface area contributed by atoms with Crippen LogP contribution in [0.3, 0.4) is 0 Å². The van der Waals surface area contributed by atoms with Crippen molar-refractivity contribution >= 4 is 17.8 Å². The molecule has 0 aliphatic rings. The summed E-state index contributed by atoms with van der Waals surface area (Å²) in [5.74, 6) is -3.91. The summed E-state index contributed by atoms with van der Waals surface area (Å²) in [4.78, 5) is 34.7. The Kier molecular flexibility index (Phi) is 8.33. The quantitative estimate of drug-likeness (QED) is 0.535. The molecule has 0 saturated heterocycles. The van der Waals surface area contributed by atoms with Gasteiger partial charge in [0.25, 0.3) is 0 Å². The van der Waals surface area contributed by atoms with Crippen LogP contribution < -0.4 is 10.6 Å². The Bertz CT molecular complexity index is 645. The van der Waals surface area contributed by atoms with Crippen molar-refractivity contribution in [1.29, 1.82) is 0 Å². The average molecular weight is 372 g/mol. The molecular weight excluding hydrogens is 353 g/mol. The average Bonchev–Trinajstić information content (AvgIpc) is 2.59. The fourth-order valence-corrected chi connectivity index (χ4v) is 1.87. The maximum absolute atomic E-state index is 12.5. The summed E-state index contributed by atoms with van der Waals surface area (Å²) < 4.78 is 42.2. The van der Waals surface area contributed by atoms with Gasteiger partial charge in [-0.2, -0.15) is 13.2 Å². The minimum atomic E-state index is -5.12. The molecule has 1 atom stereocenters. The van der Waals surface area contributed by atoms with E-state index in [1.807, 2.05) is 0 Å². The number of alkyl halides is 3. The van der Waals surface area contributed by atoms with E-state index in [4.69, 9.17) is 4.74 Å². The number of esters is 1. The lowest BCUT2D eigenvalue weighted by molar-refractivity contribution is -0.174. The molecule has 1 aromatic rings. The highest BCUT2D eigenvalue weighted by Crippen LogP contribution is 2.15. The van der Waals surface area contributed by atoms with Gasteiger partial charge in [-0.25, -0.2) is 0 Å². The Morgan fingerprint density at radius 2 is 1.85 bits per heavy atom. The molecule has 0 bridgehead atoms. The molecule has 1 aromatic carbocycles. The van der Waals surface area contributed by atoms with Gasteiger partial charge in [0.1, 0.15) is 19.2 Å². The van der Waals surface area contributed by atoms with Crippen LogP contribution in [0, 0.1) is 0 Å². The number of nitrogens with one attached hydrogen (secondary N) is 2. The van der Waals surface area contributed by atoms with Gasteiger partial charge in [-0.3, -0.25) is 14.4 Å². The molecule has 26 heavy (non-hydrogen) atoms. The van der Waals surface area contributed by atoms with Crippen LogP contribution in [0.1, 0.15) is 12.5 Å². The number of rotatable bonds is 8. The second-order valence-electron chi connectivity index (χ2n) is 5.18. The van der Waals surface area contributed by atoms with Crippen molar-refractivity contribution in [1.82, 2.24) is 10.6 Å². The first-order valence-electron chi connectivity index (χ1n) is 7.70. The van der Waals surface area contributed by atoms with Crippen LogP contribution in [0.15, 0.2) is 42.5 Å². The molecule has 0 aromatic heterocycles. The van der Waals surface area contributed by atoms with Gasteiger partial charge in [0, 0.05) is 6.42 Å². The lowest BCUT2D eigenvalue weighted by Gasteiger charge is -2.19. The Hall–Kier alpha value is -2.84. The first-order valence-corrected chi connectivity index (χ1v) is 7.70. The lowest BCUT2D eigenvalue weighted by Crippen LogP contribution is -2.52. The van der Waals surface area contributed by atoms with E-state index in [2.05, 4.69) is 5.32 Å². The summed E-state index contributed by atoms with van der Waals surface area (Å²) in [6.45, 7) is 1.22. The predicted octanol–water partition coefficient (Wildman–Crippen LogP) is 1.51. The van der Waals surface area contributed by atoms with Gasteiger partial charge in [-0.15, -0.1) is 0 Å². The van der Waals surface area contributed by atoms with E-state index in [1.54, 1.807) is 54.7 Å². The Balaban J connectivity index is 2.71. The number of allylic oxidation sites excluding steroid dienone is 1. The second-order valence-corrected chi connectivity index (χ2v) is 5.18. The van der Waals surface area contributed by atoms with Crippen molar-refractivity contribution < 1.29 is 32.3 Å². The van der Waals surface area contributed by atoms with Gasteiger partial charge in [0.2, 0.25) is 5.91 Å². The van der Waals surface area contributed by atoms with Crippen molar-refractivity contribution in [2.45, 2.75) is 25.6 Å². The summed E-state index contributed by atoms with van der Waals surface area (Å²) in [5.41, 5.74) is 0.547. The van der Waals surface area contributed by atoms with E-state index in [9.17, 15) is 27.6 Å². The van der Waals surface area contributed by atoms with Crippen molar-refractivity contribution in [3.8, 4) is 0 Å². The van der Waals surface area contributed by atoms with Crippen LogP contribution in [0.4, 0.5) is 13.2 Å². The highest BCUT2D eigenvalue weighted by Gasteiger charge is 2.40. The van der Waals surface area contributed by atoms with Crippen LogP contribution >= 0.6 is 0 Å². The van der Waals surface area contributed by atoms with Crippen molar-refractivity contribution in [3.63, 3.8) is 0 Å². The van der Waals surface area contributed by atoms with Crippen molar-refractivity contribution in [2.75, 3.05) is 13.2 Å². The van der Waals surface area contributed by atoms with Gasteiger partial charge in [0.15, 0.2) is 0 Å². The van der Waals surface area contributed by atoms with E-state index < -0.39 is 36.5 Å². The number of amides is 2. The molecule has 9 heteroatoms. The minimum absolute atomic E-state index is 0.0173. The Labute approximate surface area is 148 Å². The molecule has 0 aliphatic carbocycles. The van der Waals surface area contributed by atoms with Crippen LogP contribution in [-0.4, -0.2) is 43.2 Å². The molecule has 0 spiro atoms. The van der Waals surface area contributed by atoms with E-state index in [0.717, 1.165) is 0 Å². The molecule has 0 saturated carbocycles. The van der Waals surface area contributed by atoms with E-state index >= 15 is 0 Å². The summed E-state index contributed by atoms with van der Waals surface area (Å²) in [6, 6.07) is 6.71. The highest BCUT2D eigenvalue weighted by molar-refractivity contribution is 5.91. The fraction of sp³-hybridized carbons (Fsp3) is 0.353. The second kappa shape index (κ2) is 10.2. The molecule has 6 nitrogen and oxygen atoms in total. The first kappa shape index (κ1) is 21.2. The number of hydrogen-bond acceptors (Lipinski definition) is 4. The van der Waals surface area contributed by atoms with Crippen molar-refractivity contribution in [2.24, 2.45) is 0 Å². The molecule has 0 unspecified atom stereocenters. The summed E-state index contributed by atoms with van der Waals surface area (Å²) >= 11 is 0. The third-order valence-corrected chi connectivity index (χ3v) is 3.15. The number of ether oxygens (including phenoxy) is 1. The molecule has 0 heterocycles. The molecule has 0 aliphatic heterocycles. The number of halogens is 3. The van der Waals surface area contributed by atoms with Crippen LogP contribution in [0.25, 0.3) is 0 Å². The van der Waals surface area contributed by atoms with Gasteiger partial charge in [0.05, 0.1) is 0 Å². The standard InChI is InChI=1S/C17H19F3N2O4/c1-2-3-9-26-14(23)11-21-15(24)13(22-16(25)17(18,19)20)10-12-7-5-4-6-8-12/h2-8,13H,9-11H2,1H3,(H,21,24)(H,22,25)/b3-2+/t13-/m0/s1. The normalized spacial score (nSPS) is 12.5. The van der Waals surface area contributed by atoms with Crippen molar-refractivity contribution in [3.05, 3.63) is 48.0 Å². The van der Waals surface area contributed by atoms with E-state index in [1.165, 1.54) is 0 Å². The minimum Gasteiger partial charge on any atom is -0.460 e. The highest BCUT2D eigenvalue weighted by atomic mass is 19.4. The Morgan fingerprint density at radius 3 is 2.42 bits per heavy atom. The SMILES string of the molecule is C/C=C/COC(=O)CNC(=O)[C@H](Cc1ccccc1)NC(=O)C(F)(F)F. The van der Waals surface area contributed by atoms with Gasteiger partial charge < -0.3 is 15.4 Å². The molecule has 0 fully saturated rings. The maximum atomic E-state index is 12.5. The predicted molar refractivity (Wildman–Crippen MR) is 86.9 cm³/mol. The van der Waals surface area contributed by atoms with E-state index in [0.29, 0.717) is 5.56 Å². The third-order valence-electron chi connectivity index (χ3n) is 3.15. The Morgan fingerprint density at radius 1 is 1.19 bits per heavy atom. The van der Waals surface area contributed by atoms with E-state index in [-0.39, 0.29) is 13.0 Å². The largest absolute Gasteiger partial charge is 0.471 e. The molecule has 2 N–H and O–H groups in total. The zero-order chi connectivity index (χ0) is 19.6. The molecule has 0 radical (unpaired) electrons. The number of carbonyl (C=O) groups is 3. The third kappa shape index (κ3) is 7.82. The smallest absolute Gasteiger partial charge is 0.460 e. The number of carbonyl (C=O) groups excluding carboxylic acids is 3. The number of benzene rings is 1. The van der Waals surface area contributed by atoms with Gasteiger partial charge >= 0.3 is 18.1 Å². The summed E-state index contributed by atoms with van der Waals surface area (Å²) in [5, 5.41) is 3.81. The monoisotopic (exact) mass is 372 g/mol.